The molecule has 1 atom stereocenters. The highest BCUT2D eigenvalue weighted by atomic mass is 16.6. The second-order valence-corrected chi connectivity index (χ2v) is 16.5. The van der Waals surface area contributed by atoms with Gasteiger partial charge in [0.05, 0.1) is 6.61 Å². The zero-order chi connectivity index (χ0) is 42.1. The molecule has 5 heteroatoms. The number of esters is 2. The Balaban J connectivity index is 3.47. The molecule has 0 spiro atoms. The van der Waals surface area contributed by atoms with Crippen molar-refractivity contribution in [2.45, 2.75) is 251 Å². The van der Waals surface area contributed by atoms with Gasteiger partial charge in [-0.25, -0.2) is 0 Å². The predicted octanol–water partition coefficient (Wildman–Crippen LogP) is 16.3. The molecular formula is C53H94O5. The van der Waals surface area contributed by atoms with Gasteiger partial charge in [-0.15, -0.1) is 0 Å². The Kier molecular flexibility index (Phi) is 46.9. The van der Waals surface area contributed by atoms with Gasteiger partial charge in [-0.2, -0.15) is 0 Å². The van der Waals surface area contributed by atoms with Crippen LogP contribution in [0.25, 0.3) is 0 Å². The minimum atomic E-state index is -0.778. The molecule has 0 bridgehead atoms. The molecule has 1 unspecified atom stereocenters. The lowest BCUT2D eigenvalue weighted by molar-refractivity contribution is -0.161. The molecule has 0 rings (SSSR count). The quantitative estimate of drug-likeness (QED) is 0.0377. The SMILES string of the molecule is CCC/C=C\C/C=C\CCCCCCCC(=O)OCC(CO)OC(=O)CCCCCCCCCCCCCCCCCC/C=C\C/C=C\C/C=C\CCCCCCC. The molecule has 0 aliphatic carbocycles. The number of allylic oxidation sites excluding steroid dienone is 10. The molecule has 0 aromatic carbocycles. The van der Waals surface area contributed by atoms with Crippen LogP contribution in [0.2, 0.25) is 0 Å². The van der Waals surface area contributed by atoms with E-state index in [-0.39, 0.29) is 25.2 Å². The zero-order valence-electron chi connectivity index (χ0n) is 38.3. The molecule has 0 amide bonds. The van der Waals surface area contributed by atoms with Crippen LogP contribution in [0.5, 0.6) is 0 Å². The first-order valence-electron chi connectivity index (χ1n) is 24.8. The molecular weight excluding hydrogens is 717 g/mol. The van der Waals surface area contributed by atoms with Crippen molar-refractivity contribution in [2.24, 2.45) is 0 Å². The van der Waals surface area contributed by atoms with Gasteiger partial charge in [0, 0.05) is 12.8 Å². The van der Waals surface area contributed by atoms with Crippen molar-refractivity contribution in [1.29, 1.82) is 0 Å². The number of ether oxygens (including phenoxy) is 2. The smallest absolute Gasteiger partial charge is 0.306 e. The molecule has 0 aromatic heterocycles. The number of unbranched alkanes of at least 4 members (excludes halogenated alkanes) is 27. The molecule has 5 nitrogen and oxygen atoms in total. The van der Waals surface area contributed by atoms with Crippen molar-refractivity contribution in [3.63, 3.8) is 0 Å². The summed E-state index contributed by atoms with van der Waals surface area (Å²) >= 11 is 0. The molecule has 0 heterocycles. The molecule has 1 N–H and O–H groups in total. The lowest BCUT2D eigenvalue weighted by Gasteiger charge is -2.15. The van der Waals surface area contributed by atoms with Crippen molar-refractivity contribution in [3.05, 3.63) is 60.8 Å². The normalized spacial score (nSPS) is 12.7. The first kappa shape index (κ1) is 55.6. The molecule has 336 valence electrons. The Hall–Kier alpha value is -2.40. The lowest BCUT2D eigenvalue weighted by Crippen LogP contribution is -2.28. The summed E-state index contributed by atoms with van der Waals surface area (Å²) in [5.74, 6) is -0.604. The third-order valence-electron chi connectivity index (χ3n) is 10.8. The molecule has 58 heavy (non-hydrogen) atoms. The van der Waals surface area contributed by atoms with E-state index < -0.39 is 6.10 Å². The molecule has 0 fully saturated rings. The van der Waals surface area contributed by atoms with Crippen molar-refractivity contribution in [3.8, 4) is 0 Å². The van der Waals surface area contributed by atoms with Crippen LogP contribution in [0, 0.1) is 0 Å². The molecule has 0 aliphatic rings. The minimum Gasteiger partial charge on any atom is -0.462 e. The summed E-state index contributed by atoms with van der Waals surface area (Å²) < 4.78 is 10.6. The second-order valence-electron chi connectivity index (χ2n) is 16.5. The van der Waals surface area contributed by atoms with Gasteiger partial charge in [-0.1, -0.05) is 216 Å². The van der Waals surface area contributed by atoms with Crippen LogP contribution in [0.4, 0.5) is 0 Å². The number of rotatable bonds is 45. The maximum Gasteiger partial charge on any atom is 0.306 e. The molecule has 0 radical (unpaired) electrons. The zero-order valence-corrected chi connectivity index (χ0v) is 38.3. The fourth-order valence-electron chi connectivity index (χ4n) is 7.01. The summed E-state index contributed by atoms with van der Waals surface area (Å²) in [6.07, 6.45) is 64.6. The summed E-state index contributed by atoms with van der Waals surface area (Å²) in [5, 5.41) is 9.59. The fraction of sp³-hybridized carbons (Fsp3) is 0.774. The highest BCUT2D eigenvalue weighted by Gasteiger charge is 2.16. The standard InChI is InChI=1S/C53H94O5/c1-3-5-7-9-11-13-15-17-18-19-20-21-22-23-24-25-26-27-28-29-30-31-32-33-34-36-38-40-42-44-46-48-53(56)58-51(49-54)50-57-52(55)47-45-43-41-39-37-35-16-14-12-10-8-6-4-2/h8,10,14-17,19-20,22-23,51,54H,3-7,9,11-13,18,21,24-50H2,1-2H3/b10-8-,16-14-,17-15-,20-19-,23-22-. The third-order valence-corrected chi connectivity index (χ3v) is 10.8. The van der Waals surface area contributed by atoms with Crippen molar-refractivity contribution in [1.82, 2.24) is 0 Å². The number of carbonyl (C=O) groups is 2. The highest BCUT2D eigenvalue weighted by molar-refractivity contribution is 5.70. The van der Waals surface area contributed by atoms with Gasteiger partial charge >= 0.3 is 11.9 Å². The average molecular weight is 811 g/mol. The largest absolute Gasteiger partial charge is 0.462 e. The fourth-order valence-corrected chi connectivity index (χ4v) is 7.01. The Labute approximate surface area is 360 Å². The second kappa shape index (κ2) is 49.0. The summed E-state index contributed by atoms with van der Waals surface area (Å²) in [4.78, 5) is 24.3. The van der Waals surface area contributed by atoms with Gasteiger partial charge in [-0.05, 0) is 77.0 Å². The van der Waals surface area contributed by atoms with E-state index in [0.29, 0.717) is 12.8 Å². The third kappa shape index (κ3) is 46.3. The monoisotopic (exact) mass is 811 g/mol. The van der Waals surface area contributed by atoms with Crippen LogP contribution >= 0.6 is 0 Å². The van der Waals surface area contributed by atoms with Crippen LogP contribution in [0.3, 0.4) is 0 Å². The Bertz CT molecular complexity index is 1010. The summed E-state index contributed by atoms with van der Waals surface area (Å²) in [6.45, 7) is 4.06. The maximum absolute atomic E-state index is 12.2. The van der Waals surface area contributed by atoms with Crippen LogP contribution in [0.1, 0.15) is 245 Å². The number of carbonyl (C=O) groups excluding carboxylic acids is 2. The van der Waals surface area contributed by atoms with E-state index in [0.717, 1.165) is 70.6 Å². The molecule has 0 aromatic rings. The minimum absolute atomic E-state index is 0.0732. The first-order chi connectivity index (χ1) is 28.6. The topological polar surface area (TPSA) is 72.8 Å². The number of aliphatic hydroxyl groups is 1. The van der Waals surface area contributed by atoms with Crippen LogP contribution in [0.15, 0.2) is 60.8 Å². The van der Waals surface area contributed by atoms with Crippen molar-refractivity contribution in [2.75, 3.05) is 13.2 Å². The van der Waals surface area contributed by atoms with E-state index in [1.54, 1.807) is 0 Å². The van der Waals surface area contributed by atoms with Gasteiger partial charge in [0.2, 0.25) is 0 Å². The number of aliphatic hydroxyl groups excluding tert-OH is 1. The average Bonchev–Trinajstić information content (AvgIpc) is 3.23. The molecule has 0 saturated heterocycles. The molecule has 0 saturated carbocycles. The highest BCUT2D eigenvalue weighted by Crippen LogP contribution is 2.15. The predicted molar refractivity (Wildman–Crippen MR) is 251 cm³/mol. The van der Waals surface area contributed by atoms with E-state index in [1.807, 2.05) is 0 Å². The summed E-state index contributed by atoms with van der Waals surface area (Å²) in [7, 11) is 0. The first-order valence-corrected chi connectivity index (χ1v) is 24.8. The Morgan fingerprint density at radius 3 is 1.10 bits per heavy atom. The van der Waals surface area contributed by atoms with Crippen LogP contribution < -0.4 is 0 Å². The van der Waals surface area contributed by atoms with Crippen LogP contribution in [-0.4, -0.2) is 36.4 Å². The van der Waals surface area contributed by atoms with Crippen molar-refractivity contribution < 1.29 is 24.2 Å². The maximum atomic E-state index is 12.2. The van der Waals surface area contributed by atoms with Gasteiger partial charge in [0.25, 0.3) is 0 Å². The van der Waals surface area contributed by atoms with E-state index in [2.05, 4.69) is 74.6 Å². The number of hydrogen-bond acceptors (Lipinski definition) is 5. The van der Waals surface area contributed by atoms with Gasteiger partial charge < -0.3 is 14.6 Å². The van der Waals surface area contributed by atoms with Crippen molar-refractivity contribution >= 4 is 11.9 Å². The lowest BCUT2D eigenvalue weighted by atomic mass is 10.0. The van der Waals surface area contributed by atoms with E-state index in [1.165, 1.54) is 148 Å². The van der Waals surface area contributed by atoms with Gasteiger partial charge in [0.15, 0.2) is 6.10 Å². The van der Waals surface area contributed by atoms with Crippen LogP contribution in [-0.2, 0) is 19.1 Å². The Morgan fingerprint density at radius 1 is 0.397 bits per heavy atom. The van der Waals surface area contributed by atoms with E-state index in [9.17, 15) is 14.7 Å². The Morgan fingerprint density at radius 2 is 0.724 bits per heavy atom. The van der Waals surface area contributed by atoms with E-state index in [4.69, 9.17) is 9.47 Å². The summed E-state index contributed by atoms with van der Waals surface area (Å²) in [6, 6.07) is 0. The summed E-state index contributed by atoms with van der Waals surface area (Å²) in [5.41, 5.74) is 0. The van der Waals surface area contributed by atoms with E-state index >= 15 is 0 Å². The van der Waals surface area contributed by atoms with Gasteiger partial charge in [0.1, 0.15) is 6.61 Å². The van der Waals surface area contributed by atoms with Gasteiger partial charge in [-0.3, -0.25) is 9.59 Å². The number of hydrogen-bond donors (Lipinski definition) is 1. The molecule has 0 aliphatic heterocycles.